The minimum atomic E-state index is -0.452. The van der Waals surface area contributed by atoms with Crippen LogP contribution in [0.3, 0.4) is 0 Å². The maximum absolute atomic E-state index is 11.6. The van der Waals surface area contributed by atoms with E-state index < -0.39 is 6.04 Å². The van der Waals surface area contributed by atoms with Gasteiger partial charge in [-0.3, -0.25) is 4.79 Å². The van der Waals surface area contributed by atoms with Crippen molar-refractivity contribution < 1.29 is 9.90 Å². The summed E-state index contributed by atoms with van der Waals surface area (Å²) in [6.45, 7) is 2.13. The number of amides is 1. The Bertz CT molecular complexity index is 178. The largest absolute Gasteiger partial charge is 0.395 e. The van der Waals surface area contributed by atoms with Gasteiger partial charge in [0.15, 0.2) is 0 Å². The molecule has 0 saturated heterocycles. The average molecular weight is 186 g/mol. The molecule has 0 aliphatic heterocycles. The Hall–Kier alpha value is -0.610. The van der Waals surface area contributed by atoms with Gasteiger partial charge in [0.25, 0.3) is 0 Å². The summed E-state index contributed by atoms with van der Waals surface area (Å²) in [5.74, 6) is -0.0428. The molecule has 3 N–H and O–H groups in total. The molecule has 0 radical (unpaired) electrons. The van der Waals surface area contributed by atoms with Gasteiger partial charge >= 0.3 is 0 Å². The number of hydrogen-bond acceptors (Lipinski definition) is 3. The maximum Gasteiger partial charge on any atom is 0.239 e. The van der Waals surface area contributed by atoms with Gasteiger partial charge in [0.2, 0.25) is 5.91 Å². The molecule has 1 fully saturated rings. The van der Waals surface area contributed by atoms with Crippen LogP contribution in [0.25, 0.3) is 0 Å². The van der Waals surface area contributed by atoms with Crippen LogP contribution in [0.1, 0.15) is 26.2 Å². The van der Waals surface area contributed by atoms with Crippen LogP contribution in [0.5, 0.6) is 0 Å². The van der Waals surface area contributed by atoms with Gasteiger partial charge in [0.05, 0.1) is 12.6 Å². The molecule has 76 valence electrons. The molecule has 0 bridgehead atoms. The Labute approximate surface area is 78.7 Å². The molecule has 0 unspecified atom stereocenters. The summed E-state index contributed by atoms with van der Waals surface area (Å²) in [5.41, 5.74) is 5.51. The van der Waals surface area contributed by atoms with Crippen molar-refractivity contribution in [3.8, 4) is 0 Å². The maximum atomic E-state index is 11.6. The third-order valence-corrected chi connectivity index (χ3v) is 2.53. The van der Waals surface area contributed by atoms with E-state index >= 15 is 0 Å². The number of nitrogens with zero attached hydrogens (tertiary/aromatic N) is 1. The predicted molar refractivity (Wildman–Crippen MR) is 50.1 cm³/mol. The van der Waals surface area contributed by atoms with Crippen molar-refractivity contribution in [2.45, 2.75) is 38.3 Å². The second-order valence-electron chi connectivity index (χ2n) is 3.63. The standard InChI is InChI=1S/C9H18N2O2/c1-7(10)9(13)11(5-6-12)8-3-2-4-8/h7-8,12H,2-6,10H2,1H3/t7-/m1/s1. The first-order valence-electron chi connectivity index (χ1n) is 4.83. The normalized spacial score (nSPS) is 19.3. The minimum Gasteiger partial charge on any atom is -0.395 e. The fraction of sp³-hybridized carbons (Fsp3) is 0.889. The molecule has 0 spiro atoms. The minimum absolute atomic E-state index is 0.0228. The zero-order valence-corrected chi connectivity index (χ0v) is 8.07. The molecule has 0 aromatic rings. The quantitative estimate of drug-likeness (QED) is 0.634. The third kappa shape index (κ3) is 2.42. The molecule has 1 atom stereocenters. The lowest BCUT2D eigenvalue weighted by atomic mass is 9.91. The zero-order valence-electron chi connectivity index (χ0n) is 8.07. The summed E-state index contributed by atoms with van der Waals surface area (Å²) in [6, 6.07) is -0.127. The molecule has 13 heavy (non-hydrogen) atoms. The predicted octanol–water partition coefficient (Wildman–Crippen LogP) is -0.293. The van der Waals surface area contributed by atoms with Gasteiger partial charge < -0.3 is 15.7 Å². The lowest BCUT2D eigenvalue weighted by Crippen LogP contribution is -2.51. The van der Waals surface area contributed by atoms with Crippen molar-refractivity contribution in [3.63, 3.8) is 0 Å². The summed E-state index contributed by atoms with van der Waals surface area (Å²) in [4.78, 5) is 13.3. The molecule has 0 aromatic heterocycles. The topological polar surface area (TPSA) is 66.6 Å². The van der Waals surface area contributed by atoms with Crippen molar-refractivity contribution in [2.75, 3.05) is 13.2 Å². The smallest absolute Gasteiger partial charge is 0.239 e. The lowest BCUT2D eigenvalue weighted by Gasteiger charge is -2.38. The first-order valence-corrected chi connectivity index (χ1v) is 4.83. The van der Waals surface area contributed by atoms with Gasteiger partial charge in [-0.05, 0) is 26.2 Å². The number of nitrogens with two attached hydrogens (primary N) is 1. The summed E-state index contributed by atoms with van der Waals surface area (Å²) in [5, 5.41) is 8.80. The highest BCUT2D eigenvalue weighted by atomic mass is 16.3. The van der Waals surface area contributed by atoms with E-state index in [1.807, 2.05) is 0 Å². The molecule has 0 heterocycles. The Morgan fingerprint density at radius 1 is 1.69 bits per heavy atom. The molecule has 4 nitrogen and oxygen atoms in total. The van der Waals surface area contributed by atoms with Crippen LogP contribution < -0.4 is 5.73 Å². The zero-order chi connectivity index (χ0) is 9.84. The van der Waals surface area contributed by atoms with Crippen molar-refractivity contribution >= 4 is 5.91 Å². The van der Waals surface area contributed by atoms with Gasteiger partial charge in [-0.1, -0.05) is 0 Å². The monoisotopic (exact) mass is 186 g/mol. The highest BCUT2D eigenvalue weighted by molar-refractivity contribution is 5.81. The summed E-state index contributed by atoms with van der Waals surface area (Å²) in [7, 11) is 0. The number of aliphatic hydroxyl groups is 1. The average Bonchev–Trinajstić information content (AvgIpc) is 1.99. The highest BCUT2D eigenvalue weighted by Gasteiger charge is 2.29. The number of rotatable bonds is 4. The molecular formula is C9H18N2O2. The van der Waals surface area contributed by atoms with Crippen LogP contribution in [0.2, 0.25) is 0 Å². The second kappa shape index (κ2) is 4.58. The van der Waals surface area contributed by atoms with Crippen LogP contribution >= 0.6 is 0 Å². The summed E-state index contributed by atoms with van der Waals surface area (Å²) < 4.78 is 0. The second-order valence-corrected chi connectivity index (χ2v) is 3.63. The SMILES string of the molecule is C[C@@H](N)C(=O)N(CCO)C1CCC1. The van der Waals surface area contributed by atoms with Crippen LogP contribution in [0.4, 0.5) is 0 Å². The fourth-order valence-electron chi connectivity index (χ4n) is 1.54. The van der Waals surface area contributed by atoms with Crippen molar-refractivity contribution in [2.24, 2.45) is 5.73 Å². The first kappa shape index (κ1) is 10.5. The van der Waals surface area contributed by atoms with Crippen LogP contribution in [0, 0.1) is 0 Å². The molecule has 0 aromatic carbocycles. The van der Waals surface area contributed by atoms with Crippen molar-refractivity contribution in [3.05, 3.63) is 0 Å². The summed E-state index contributed by atoms with van der Waals surface area (Å²) >= 11 is 0. The number of carbonyl (C=O) groups excluding carboxylic acids is 1. The van der Waals surface area contributed by atoms with E-state index in [1.165, 1.54) is 6.42 Å². The fourth-order valence-corrected chi connectivity index (χ4v) is 1.54. The third-order valence-electron chi connectivity index (χ3n) is 2.53. The Kier molecular flexibility index (Phi) is 3.69. The molecular weight excluding hydrogens is 168 g/mol. The van der Waals surface area contributed by atoms with E-state index in [-0.39, 0.29) is 12.5 Å². The molecule has 1 saturated carbocycles. The van der Waals surface area contributed by atoms with E-state index in [2.05, 4.69) is 0 Å². The van der Waals surface area contributed by atoms with Gasteiger partial charge in [-0.2, -0.15) is 0 Å². The summed E-state index contributed by atoms with van der Waals surface area (Å²) in [6.07, 6.45) is 3.29. The van der Waals surface area contributed by atoms with Gasteiger partial charge in [0, 0.05) is 12.6 Å². The number of aliphatic hydroxyl groups excluding tert-OH is 1. The Morgan fingerprint density at radius 3 is 2.62 bits per heavy atom. The number of carbonyl (C=O) groups is 1. The van der Waals surface area contributed by atoms with E-state index in [0.717, 1.165) is 12.8 Å². The molecule has 4 heteroatoms. The van der Waals surface area contributed by atoms with Crippen molar-refractivity contribution in [1.29, 1.82) is 0 Å². The highest BCUT2D eigenvalue weighted by Crippen LogP contribution is 2.24. The molecule has 1 amide bonds. The van der Waals surface area contributed by atoms with E-state index in [9.17, 15) is 4.79 Å². The van der Waals surface area contributed by atoms with Crippen molar-refractivity contribution in [1.82, 2.24) is 4.90 Å². The van der Waals surface area contributed by atoms with Gasteiger partial charge in [-0.25, -0.2) is 0 Å². The van der Waals surface area contributed by atoms with E-state index in [1.54, 1.807) is 11.8 Å². The Morgan fingerprint density at radius 2 is 2.31 bits per heavy atom. The van der Waals surface area contributed by atoms with E-state index in [4.69, 9.17) is 10.8 Å². The molecule has 1 aliphatic carbocycles. The lowest BCUT2D eigenvalue weighted by molar-refractivity contribution is -0.136. The van der Waals surface area contributed by atoms with Crippen LogP contribution in [0.15, 0.2) is 0 Å². The Balaban J connectivity index is 2.50. The molecule has 1 rings (SSSR count). The van der Waals surface area contributed by atoms with Gasteiger partial charge in [0.1, 0.15) is 0 Å². The van der Waals surface area contributed by atoms with E-state index in [0.29, 0.717) is 12.6 Å². The van der Waals surface area contributed by atoms with Gasteiger partial charge in [-0.15, -0.1) is 0 Å². The first-order chi connectivity index (χ1) is 6.16. The molecule has 1 aliphatic rings. The van der Waals surface area contributed by atoms with Crippen LogP contribution in [-0.4, -0.2) is 41.1 Å². The van der Waals surface area contributed by atoms with Crippen LogP contribution in [-0.2, 0) is 4.79 Å². The number of hydrogen-bond donors (Lipinski definition) is 2.